The first-order chi connectivity index (χ1) is 15.8. The molecule has 0 bridgehead atoms. The molecule has 0 radical (unpaired) electrons. The van der Waals surface area contributed by atoms with Crippen molar-refractivity contribution in [3.63, 3.8) is 0 Å². The van der Waals surface area contributed by atoms with Crippen molar-refractivity contribution in [3.8, 4) is 5.75 Å². The number of rotatable bonds is 5. The summed E-state index contributed by atoms with van der Waals surface area (Å²) in [7, 11) is 1.37. The number of Topliss-reactive ketones (excluding diaryl/α,β-unsaturated/α-hetero) is 1. The number of para-hydroxylation sites is 1. The van der Waals surface area contributed by atoms with Crippen LogP contribution in [0, 0.1) is 13.8 Å². The number of ether oxygens (including phenoxy) is 2. The third-order valence-corrected chi connectivity index (χ3v) is 6.75. The fourth-order valence-electron chi connectivity index (χ4n) is 4.77. The number of methoxy groups -OCH3 is 1. The lowest BCUT2D eigenvalue weighted by Crippen LogP contribution is -2.34. The van der Waals surface area contributed by atoms with Gasteiger partial charge in [-0.25, -0.2) is 4.79 Å². The normalized spacial score (nSPS) is 18.1. The number of halogens is 1. The van der Waals surface area contributed by atoms with Gasteiger partial charge < -0.3 is 14.8 Å². The van der Waals surface area contributed by atoms with E-state index in [0.29, 0.717) is 34.9 Å². The average Bonchev–Trinajstić information content (AvgIpc) is 2.78. The first-order valence-corrected chi connectivity index (χ1v) is 11.5. The van der Waals surface area contributed by atoms with Crippen molar-refractivity contribution in [3.05, 3.63) is 86.2 Å². The molecule has 2 aromatic rings. The van der Waals surface area contributed by atoms with E-state index in [4.69, 9.17) is 21.1 Å². The quantitative estimate of drug-likeness (QED) is 0.576. The molecule has 1 N–H and O–H groups in total. The smallest absolute Gasteiger partial charge is 0.336 e. The lowest BCUT2D eigenvalue weighted by Gasteiger charge is -2.35. The Morgan fingerprint density at radius 2 is 1.88 bits per heavy atom. The summed E-state index contributed by atoms with van der Waals surface area (Å²) in [6.45, 7) is 6.24. The summed E-state index contributed by atoms with van der Waals surface area (Å²) in [6.07, 6.45) is 2.08. The lowest BCUT2D eigenvalue weighted by molar-refractivity contribution is -0.136. The molecule has 1 aliphatic heterocycles. The molecule has 1 atom stereocenters. The fraction of sp³-hybridized carbons (Fsp3) is 0.333. The third kappa shape index (κ3) is 4.42. The lowest BCUT2D eigenvalue weighted by atomic mass is 9.73. The zero-order valence-electron chi connectivity index (χ0n) is 19.4. The summed E-state index contributed by atoms with van der Waals surface area (Å²) in [5, 5.41) is 3.86. The van der Waals surface area contributed by atoms with E-state index >= 15 is 0 Å². The van der Waals surface area contributed by atoms with Crippen LogP contribution in [0.3, 0.4) is 0 Å². The first-order valence-electron chi connectivity index (χ1n) is 11.1. The Morgan fingerprint density at radius 3 is 2.61 bits per heavy atom. The molecule has 33 heavy (non-hydrogen) atoms. The number of hydrogen-bond donors (Lipinski definition) is 1. The van der Waals surface area contributed by atoms with Crippen LogP contribution in [0.25, 0.3) is 0 Å². The van der Waals surface area contributed by atoms with Crippen molar-refractivity contribution in [2.24, 2.45) is 0 Å². The van der Waals surface area contributed by atoms with E-state index in [2.05, 4.69) is 17.4 Å². The number of benzene rings is 2. The molecule has 0 saturated heterocycles. The molecule has 1 heterocycles. The average molecular weight is 466 g/mol. The van der Waals surface area contributed by atoms with Crippen molar-refractivity contribution >= 4 is 23.4 Å². The molecular formula is C27H28ClNO4. The maximum atomic E-state index is 13.1. The van der Waals surface area contributed by atoms with E-state index in [1.54, 1.807) is 6.07 Å². The zero-order valence-corrected chi connectivity index (χ0v) is 20.1. The molecule has 2 aliphatic rings. The van der Waals surface area contributed by atoms with Gasteiger partial charge in [-0.05, 0) is 68.0 Å². The van der Waals surface area contributed by atoms with Gasteiger partial charge in [0.15, 0.2) is 5.78 Å². The maximum Gasteiger partial charge on any atom is 0.336 e. The van der Waals surface area contributed by atoms with Crippen LogP contribution in [0.2, 0.25) is 5.02 Å². The number of aryl methyl sites for hydroxylation is 2. The standard InChI is InChI=1S/C27H28ClNO4/c1-15-12-16(2)19(13-18(15)14-33-23-11-6-5-8-20(23)28)25-24(27(31)32-4)17(3)29-21-9-7-10-22(30)26(21)25/h5-6,8,11-13,25,29H,7,9-10,14H2,1-4H3. The van der Waals surface area contributed by atoms with Crippen LogP contribution >= 0.6 is 11.6 Å². The summed E-state index contributed by atoms with van der Waals surface area (Å²) in [4.78, 5) is 25.9. The summed E-state index contributed by atoms with van der Waals surface area (Å²) >= 11 is 6.25. The minimum atomic E-state index is -0.471. The van der Waals surface area contributed by atoms with Crippen LogP contribution in [-0.2, 0) is 20.9 Å². The predicted molar refractivity (Wildman–Crippen MR) is 128 cm³/mol. The highest BCUT2D eigenvalue weighted by Crippen LogP contribution is 2.44. The van der Waals surface area contributed by atoms with E-state index in [1.165, 1.54) is 7.11 Å². The van der Waals surface area contributed by atoms with Gasteiger partial charge in [0, 0.05) is 29.3 Å². The third-order valence-electron chi connectivity index (χ3n) is 6.44. The Balaban J connectivity index is 1.80. The topological polar surface area (TPSA) is 64.6 Å². The number of ketones is 1. The summed E-state index contributed by atoms with van der Waals surface area (Å²) in [5.41, 5.74) is 6.78. The van der Waals surface area contributed by atoms with Gasteiger partial charge in [-0.15, -0.1) is 0 Å². The summed E-state index contributed by atoms with van der Waals surface area (Å²) in [6, 6.07) is 11.5. The van der Waals surface area contributed by atoms with Gasteiger partial charge in [0.25, 0.3) is 0 Å². The number of hydrogen-bond acceptors (Lipinski definition) is 5. The van der Waals surface area contributed by atoms with Crippen LogP contribution in [0.15, 0.2) is 58.9 Å². The molecule has 0 saturated carbocycles. The molecule has 172 valence electrons. The highest BCUT2D eigenvalue weighted by atomic mass is 35.5. The number of esters is 1. The maximum absolute atomic E-state index is 13.1. The van der Waals surface area contributed by atoms with E-state index in [0.717, 1.165) is 46.5 Å². The van der Waals surface area contributed by atoms with Crippen molar-refractivity contribution < 1.29 is 19.1 Å². The molecule has 4 rings (SSSR count). The second-order valence-corrected chi connectivity index (χ2v) is 9.02. The summed E-state index contributed by atoms with van der Waals surface area (Å²) in [5.74, 6) is -0.206. The second-order valence-electron chi connectivity index (χ2n) is 8.61. The van der Waals surface area contributed by atoms with Gasteiger partial charge >= 0.3 is 5.97 Å². The predicted octanol–water partition coefficient (Wildman–Crippen LogP) is 5.68. The highest BCUT2D eigenvalue weighted by molar-refractivity contribution is 6.32. The molecule has 1 unspecified atom stereocenters. The molecule has 0 amide bonds. The SMILES string of the molecule is COC(=O)C1=C(C)NC2=C(C(=O)CCC2)C1c1cc(COc2ccccc2Cl)c(C)cc1C. The Kier molecular flexibility index (Phi) is 6.61. The fourth-order valence-corrected chi connectivity index (χ4v) is 4.97. The Hall–Kier alpha value is -3.05. The Morgan fingerprint density at radius 1 is 1.12 bits per heavy atom. The van der Waals surface area contributed by atoms with Gasteiger partial charge in [-0.1, -0.05) is 35.9 Å². The molecule has 0 spiro atoms. The zero-order chi connectivity index (χ0) is 23.7. The van der Waals surface area contributed by atoms with Gasteiger partial charge in [-0.3, -0.25) is 4.79 Å². The van der Waals surface area contributed by atoms with Gasteiger partial charge in [0.05, 0.1) is 17.7 Å². The number of allylic oxidation sites excluding steroid dienone is 3. The van der Waals surface area contributed by atoms with Gasteiger partial charge in [0.2, 0.25) is 0 Å². The number of dihydropyridines is 1. The minimum absolute atomic E-state index is 0.0801. The first kappa shape index (κ1) is 23.1. The van der Waals surface area contributed by atoms with Crippen molar-refractivity contribution in [2.45, 2.75) is 52.6 Å². The Bertz CT molecular complexity index is 1190. The monoisotopic (exact) mass is 465 g/mol. The Labute approximate surface area is 199 Å². The summed E-state index contributed by atoms with van der Waals surface area (Å²) < 4.78 is 11.1. The van der Waals surface area contributed by atoms with Crippen molar-refractivity contribution in [1.82, 2.24) is 5.32 Å². The van der Waals surface area contributed by atoms with E-state index in [-0.39, 0.29) is 5.78 Å². The van der Waals surface area contributed by atoms with Crippen LogP contribution in [0.5, 0.6) is 5.75 Å². The van der Waals surface area contributed by atoms with Gasteiger partial charge in [-0.2, -0.15) is 0 Å². The van der Waals surface area contributed by atoms with Crippen LogP contribution < -0.4 is 10.1 Å². The van der Waals surface area contributed by atoms with E-state index in [9.17, 15) is 9.59 Å². The number of carbonyl (C=O) groups excluding carboxylic acids is 2. The highest BCUT2D eigenvalue weighted by Gasteiger charge is 2.39. The van der Waals surface area contributed by atoms with Crippen LogP contribution in [0.1, 0.15) is 54.4 Å². The number of carbonyl (C=O) groups is 2. The molecule has 0 aromatic heterocycles. The van der Waals surface area contributed by atoms with Gasteiger partial charge in [0.1, 0.15) is 12.4 Å². The van der Waals surface area contributed by atoms with Crippen molar-refractivity contribution in [2.75, 3.05) is 7.11 Å². The van der Waals surface area contributed by atoms with E-state index < -0.39 is 11.9 Å². The van der Waals surface area contributed by atoms with Crippen LogP contribution in [-0.4, -0.2) is 18.9 Å². The molecule has 1 aliphatic carbocycles. The molecule has 6 heteroatoms. The minimum Gasteiger partial charge on any atom is -0.487 e. The van der Waals surface area contributed by atoms with Crippen molar-refractivity contribution in [1.29, 1.82) is 0 Å². The largest absolute Gasteiger partial charge is 0.487 e. The second kappa shape index (κ2) is 9.44. The molecule has 0 fully saturated rings. The van der Waals surface area contributed by atoms with E-state index in [1.807, 2.05) is 39.0 Å². The number of nitrogens with one attached hydrogen (secondary N) is 1. The van der Waals surface area contributed by atoms with Crippen LogP contribution in [0.4, 0.5) is 0 Å². The molecular weight excluding hydrogens is 438 g/mol. The molecule has 5 nitrogen and oxygen atoms in total. The molecule has 2 aromatic carbocycles.